The van der Waals surface area contributed by atoms with Crippen LogP contribution in [0.5, 0.6) is 5.75 Å². The number of rotatable bonds is 7. The van der Waals surface area contributed by atoms with E-state index in [1.54, 1.807) is 38.4 Å². The van der Waals surface area contributed by atoms with E-state index >= 15 is 0 Å². The molecule has 146 valence electrons. The number of anilines is 2. The van der Waals surface area contributed by atoms with Crippen LogP contribution in [0.4, 0.5) is 16.5 Å². The molecule has 1 heterocycles. The van der Waals surface area contributed by atoms with Crippen LogP contribution in [0, 0.1) is 0 Å². The van der Waals surface area contributed by atoms with Gasteiger partial charge in [0.2, 0.25) is 0 Å². The molecular formula is C19H20ClN5O3. The first-order chi connectivity index (χ1) is 13.6. The highest BCUT2D eigenvalue weighted by atomic mass is 35.5. The molecule has 1 atom stereocenters. The summed E-state index contributed by atoms with van der Waals surface area (Å²) in [6.07, 6.45) is 0.473. The zero-order valence-corrected chi connectivity index (χ0v) is 16.2. The molecule has 0 radical (unpaired) electrons. The number of aromatic nitrogens is 2. The van der Waals surface area contributed by atoms with Crippen molar-refractivity contribution in [3.8, 4) is 5.75 Å². The number of hydrogen-bond donors (Lipinski definition) is 3. The van der Waals surface area contributed by atoms with E-state index in [1.165, 1.54) is 0 Å². The summed E-state index contributed by atoms with van der Waals surface area (Å²) in [6, 6.07) is 13.8. The summed E-state index contributed by atoms with van der Waals surface area (Å²) in [5.74, 6) is 1.12. The highest BCUT2D eigenvalue weighted by Gasteiger charge is 2.21. The van der Waals surface area contributed by atoms with Gasteiger partial charge in [0, 0.05) is 24.2 Å². The molecule has 0 aliphatic rings. The van der Waals surface area contributed by atoms with E-state index in [4.69, 9.17) is 20.9 Å². The Labute approximate surface area is 167 Å². The van der Waals surface area contributed by atoms with E-state index in [1.807, 2.05) is 24.3 Å². The van der Waals surface area contributed by atoms with Crippen LogP contribution in [0.2, 0.25) is 5.02 Å². The van der Waals surface area contributed by atoms with Crippen LogP contribution in [-0.4, -0.2) is 30.3 Å². The quantitative estimate of drug-likeness (QED) is 0.555. The van der Waals surface area contributed by atoms with Crippen molar-refractivity contribution in [3.05, 3.63) is 64.9 Å². The van der Waals surface area contributed by atoms with Gasteiger partial charge in [-0.1, -0.05) is 28.9 Å². The highest BCUT2D eigenvalue weighted by Crippen LogP contribution is 2.20. The molecule has 0 aliphatic heterocycles. The number of ether oxygens (including phenoxy) is 1. The number of urea groups is 1. The first-order valence-electron chi connectivity index (χ1n) is 8.54. The van der Waals surface area contributed by atoms with Gasteiger partial charge in [-0.2, -0.15) is 4.98 Å². The summed E-state index contributed by atoms with van der Waals surface area (Å²) in [4.78, 5) is 16.7. The van der Waals surface area contributed by atoms with Gasteiger partial charge in [0.15, 0.2) is 5.82 Å². The molecule has 2 amide bonds. The molecule has 0 bridgehead atoms. The Bertz CT molecular complexity index is 912. The molecule has 2 aromatic carbocycles. The monoisotopic (exact) mass is 401 g/mol. The fourth-order valence-electron chi connectivity index (χ4n) is 2.54. The SMILES string of the molecule is CNc1nc(C(Cc2ccc(OC)cc2)NC(=O)Nc2ccc(Cl)cc2)no1. The molecule has 0 saturated heterocycles. The van der Waals surface area contributed by atoms with Crippen molar-refractivity contribution < 1.29 is 14.1 Å². The van der Waals surface area contributed by atoms with Gasteiger partial charge >= 0.3 is 12.0 Å². The Morgan fingerprint density at radius 2 is 1.89 bits per heavy atom. The van der Waals surface area contributed by atoms with Gasteiger partial charge in [-0.3, -0.25) is 0 Å². The third-order valence-electron chi connectivity index (χ3n) is 3.97. The van der Waals surface area contributed by atoms with E-state index in [9.17, 15) is 4.79 Å². The largest absolute Gasteiger partial charge is 0.497 e. The molecule has 0 spiro atoms. The summed E-state index contributed by atoms with van der Waals surface area (Å²) in [5.41, 5.74) is 1.60. The lowest BCUT2D eigenvalue weighted by Gasteiger charge is -2.16. The summed E-state index contributed by atoms with van der Waals surface area (Å²) >= 11 is 5.87. The summed E-state index contributed by atoms with van der Waals surface area (Å²) in [5, 5.41) is 13.0. The Kier molecular flexibility index (Phi) is 6.33. The fourth-order valence-corrected chi connectivity index (χ4v) is 2.67. The molecule has 1 unspecified atom stereocenters. The zero-order valence-electron chi connectivity index (χ0n) is 15.4. The lowest BCUT2D eigenvalue weighted by atomic mass is 10.1. The Hall–Kier alpha value is -3.26. The molecule has 0 fully saturated rings. The minimum absolute atomic E-state index is 0.273. The third-order valence-corrected chi connectivity index (χ3v) is 4.23. The van der Waals surface area contributed by atoms with Crippen molar-refractivity contribution in [2.24, 2.45) is 0 Å². The van der Waals surface area contributed by atoms with Crippen LogP contribution in [0.25, 0.3) is 0 Å². The maximum atomic E-state index is 12.5. The molecule has 8 nitrogen and oxygen atoms in total. The number of methoxy groups -OCH3 is 1. The lowest BCUT2D eigenvalue weighted by Crippen LogP contribution is -2.34. The molecular weight excluding hydrogens is 382 g/mol. The molecule has 1 aromatic heterocycles. The normalized spacial score (nSPS) is 11.5. The second-order valence-corrected chi connectivity index (χ2v) is 6.35. The van der Waals surface area contributed by atoms with Crippen LogP contribution in [0.15, 0.2) is 53.1 Å². The number of nitrogens with zero attached hydrogens (tertiary/aromatic N) is 2. The van der Waals surface area contributed by atoms with Crippen molar-refractivity contribution in [3.63, 3.8) is 0 Å². The van der Waals surface area contributed by atoms with Crippen molar-refractivity contribution >= 4 is 29.3 Å². The number of amides is 2. The number of halogens is 1. The van der Waals surface area contributed by atoms with Crippen LogP contribution >= 0.6 is 11.6 Å². The average molecular weight is 402 g/mol. The van der Waals surface area contributed by atoms with E-state index in [0.717, 1.165) is 11.3 Å². The maximum absolute atomic E-state index is 12.5. The van der Waals surface area contributed by atoms with Crippen molar-refractivity contribution in [2.75, 3.05) is 24.8 Å². The topological polar surface area (TPSA) is 101 Å². The summed E-state index contributed by atoms with van der Waals surface area (Å²) in [7, 11) is 3.29. The van der Waals surface area contributed by atoms with Crippen LogP contribution in [0.3, 0.4) is 0 Å². The Morgan fingerprint density at radius 1 is 1.18 bits per heavy atom. The van der Waals surface area contributed by atoms with E-state index < -0.39 is 12.1 Å². The molecule has 0 aliphatic carbocycles. The van der Waals surface area contributed by atoms with Crippen LogP contribution < -0.4 is 20.7 Å². The fraction of sp³-hybridized carbons (Fsp3) is 0.211. The minimum atomic E-state index is -0.494. The summed E-state index contributed by atoms with van der Waals surface area (Å²) in [6.45, 7) is 0. The molecule has 28 heavy (non-hydrogen) atoms. The van der Waals surface area contributed by atoms with Gasteiger partial charge in [0.05, 0.1) is 13.2 Å². The van der Waals surface area contributed by atoms with Gasteiger partial charge in [0.1, 0.15) is 5.75 Å². The van der Waals surface area contributed by atoms with Gasteiger partial charge in [-0.25, -0.2) is 4.79 Å². The van der Waals surface area contributed by atoms with E-state index in [-0.39, 0.29) is 6.01 Å². The maximum Gasteiger partial charge on any atom is 0.321 e. The molecule has 3 aromatic rings. The predicted octanol–water partition coefficient (Wildman–Crippen LogP) is 3.88. The third kappa shape index (κ3) is 5.14. The number of carbonyl (C=O) groups excluding carboxylic acids is 1. The van der Waals surface area contributed by atoms with Crippen molar-refractivity contribution in [1.82, 2.24) is 15.5 Å². The first kappa shape index (κ1) is 19.5. The van der Waals surface area contributed by atoms with Gasteiger partial charge in [-0.15, -0.1) is 0 Å². The van der Waals surface area contributed by atoms with Gasteiger partial charge in [0.25, 0.3) is 0 Å². The molecule has 0 saturated carbocycles. The standard InChI is InChI=1S/C19H20ClN5O3/c1-21-19-24-17(25-28-19)16(11-12-3-9-15(27-2)10-4-12)23-18(26)22-14-7-5-13(20)6-8-14/h3-10,16H,11H2,1-2H3,(H,21,24,25)(H2,22,23,26). The lowest BCUT2D eigenvalue weighted by molar-refractivity contribution is 0.247. The van der Waals surface area contributed by atoms with E-state index in [0.29, 0.717) is 23.0 Å². The molecule has 3 rings (SSSR count). The summed E-state index contributed by atoms with van der Waals surface area (Å²) < 4.78 is 10.3. The average Bonchev–Trinajstić information content (AvgIpc) is 3.19. The highest BCUT2D eigenvalue weighted by molar-refractivity contribution is 6.30. The Balaban J connectivity index is 1.74. The zero-order chi connectivity index (χ0) is 19.9. The smallest absolute Gasteiger partial charge is 0.321 e. The number of carbonyl (C=O) groups is 1. The molecule has 3 N–H and O–H groups in total. The van der Waals surface area contributed by atoms with Crippen molar-refractivity contribution in [1.29, 1.82) is 0 Å². The number of nitrogens with one attached hydrogen (secondary N) is 3. The van der Waals surface area contributed by atoms with Crippen LogP contribution in [-0.2, 0) is 6.42 Å². The van der Waals surface area contributed by atoms with Gasteiger partial charge < -0.3 is 25.2 Å². The molecule has 9 heteroatoms. The van der Waals surface area contributed by atoms with E-state index in [2.05, 4.69) is 26.1 Å². The minimum Gasteiger partial charge on any atom is -0.497 e. The second kappa shape index (κ2) is 9.09. The number of hydrogen-bond acceptors (Lipinski definition) is 6. The number of benzene rings is 2. The van der Waals surface area contributed by atoms with Crippen molar-refractivity contribution in [2.45, 2.75) is 12.5 Å². The van der Waals surface area contributed by atoms with Crippen LogP contribution in [0.1, 0.15) is 17.4 Å². The first-order valence-corrected chi connectivity index (χ1v) is 8.92. The second-order valence-electron chi connectivity index (χ2n) is 5.92. The Morgan fingerprint density at radius 3 is 2.50 bits per heavy atom. The van der Waals surface area contributed by atoms with Gasteiger partial charge in [-0.05, 0) is 42.0 Å². The predicted molar refractivity (Wildman–Crippen MR) is 107 cm³/mol.